The molecule has 1 N–H and O–H groups in total. The Kier molecular flexibility index (Phi) is 1.75. The first-order valence-electron chi connectivity index (χ1n) is 5.17. The number of hydrogen-bond donors (Lipinski definition) is 1. The second-order valence-corrected chi connectivity index (χ2v) is 3.88. The van der Waals surface area contributed by atoms with Crippen LogP contribution in [0.1, 0.15) is 11.1 Å². The summed E-state index contributed by atoms with van der Waals surface area (Å²) in [7, 11) is 0. The molecule has 0 saturated heterocycles. The molecule has 3 rings (SSSR count). The third-order valence-corrected chi connectivity index (χ3v) is 2.99. The number of aromatic nitrogens is 1. The van der Waals surface area contributed by atoms with Crippen molar-refractivity contribution in [3.8, 4) is 11.3 Å². The molecule has 0 bridgehead atoms. The number of hydrogen-bond acceptors (Lipinski definition) is 1. The van der Waals surface area contributed by atoms with Crippen molar-refractivity contribution >= 4 is 0 Å². The number of fused-ring (bicyclic) bond motifs is 3. The second-order valence-electron chi connectivity index (χ2n) is 3.88. The molecule has 0 amide bonds. The van der Waals surface area contributed by atoms with Crippen molar-refractivity contribution in [3.05, 3.63) is 53.7 Å². The topological polar surface area (TPSA) is 24.1 Å². The van der Waals surface area contributed by atoms with Crippen LogP contribution in [-0.4, -0.2) is 5.21 Å². The highest BCUT2D eigenvalue weighted by molar-refractivity contribution is 5.66. The van der Waals surface area contributed by atoms with Gasteiger partial charge in [-0.1, -0.05) is 18.2 Å². The minimum absolute atomic E-state index is 0.944. The fourth-order valence-electron chi connectivity index (χ4n) is 2.28. The lowest BCUT2D eigenvalue weighted by molar-refractivity contribution is -0.896. The maximum absolute atomic E-state index is 9.82. The van der Waals surface area contributed by atoms with Crippen molar-refractivity contribution in [3.63, 3.8) is 0 Å². The quantitative estimate of drug-likeness (QED) is 0.508. The molecule has 0 spiro atoms. The van der Waals surface area contributed by atoms with Gasteiger partial charge in [0.2, 0.25) is 6.20 Å². The van der Waals surface area contributed by atoms with Gasteiger partial charge in [-0.25, -0.2) is 0 Å². The van der Waals surface area contributed by atoms with E-state index in [1.807, 2.05) is 12.1 Å². The van der Waals surface area contributed by atoms with E-state index in [4.69, 9.17) is 0 Å². The average molecular weight is 198 g/mol. The smallest absolute Gasteiger partial charge is 0.267 e. The first kappa shape index (κ1) is 8.48. The molecular weight excluding hydrogens is 186 g/mol. The second kappa shape index (κ2) is 3.09. The molecule has 0 radical (unpaired) electrons. The molecule has 1 aliphatic carbocycles. The van der Waals surface area contributed by atoms with Gasteiger partial charge in [0.05, 0.1) is 5.56 Å². The molecule has 1 aliphatic rings. The molecule has 2 nitrogen and oxygen atoms in total. The predicted molar refractivity (Wildman–Crippen MR) is 56.7 cm³/mol. The van der Waals surface area contributed by atoms with Crippen LogP contribution in [0.5, 0.6) is 0 Å². The third-order valence-electron chi connectivity index (χ3n) is 2.99. The van der Waals surface area contributed by atoms with E-state index in [1.54, 1.807) is 6.20 Å². The number of aryl methyl sites for hydroxylation is 2. The molecule has 0 aliphatic heterocycles. The van der Waals surface area contributed by atoms with E-state index < -0.39 is 0 Å². The summed E-state index contributed by atoms with van der Waals surface area (Å²) in [6.07, 6.45) is 3.75. The Hall–Kier alpha value is -1.83. The van der Waals surface area contributed by atoms with Crippen LogP contribution >= 0.6 is 0 Å². The van der Waals surface area contributed by atoms with E-state index in [9.17, 15) is 5.21 Å². The first-order chi connectivity index (χ1) is 7.36. The Labute approximate surface area is 88.4 Å². The Balaban J connectivity index is 2.33. The molecule has 74 valence electrons. The molecule has 2 aromatic rings. The SMILES string of the molecule is O[n+]1cccc2c1-c1ccccc1CC2. The van der Waals surface area contributed by atoms with Gasteiger partial charge < -0.3 is 0 Å². The lowest BCUT2D eigenvalue weighted by Gasteiger charge is -2.14. The van der Waals surface area contributed by atoms with Crippen LogP contribution in [0.15, 0.2) is 42.6 Å². The highest BCUT2D eigenvalue weighted by Crippen LogP contribution is 2.29. The number of benzene rings is 1. The van der Waals surface area contributed by atoms with Gasteiger partial charge >= 0.3 is 0 Å². The molecular formula is C13H12NO+. The molecule has 1 aromatic carbocycles. The maximum Gasteiger partial charge on any atom is 0.267 e. The van der Waals surface area contributed by atoms with Crippen molar-refractivity contribution in [1.29, 1.82) is 0 Å². The Morgan fingerprint density at radius 1 is 0.933 bits per heavy atom. The fourth-order valence-corrected chi connectivity index (χ4v) is 2.28. The van der Waals surface area contributed by atoms with Crippen molar-refractivity contribution < 1.29 is 9.94 Å². The summed E-state index contributed by atoms with van der Waals surface area (Å²) in [4.78, 5) is 0. The number of rotatable bonds is 0. The van der Waals surface area contributed by atoms with Gasteiger partial charge in [-0.05, 0) is 30.5 Å². The lowest BCUT2D eigenvalue weighted by Crippen LogP contribution is -2.34. The average Bonchev–Trinajstić information content (AvgIpc) is 2.29. The first-order valence-corrected chi connectivity index (χ1v) is 5.17. The van der Waals surface area contributed by atoms with E-state index in [-0.39, 0.29) is 0 Å². The van der Waals surface area contributed by atoms with Gasteiger partial charge in [0.1, 0.15) is 0 Å². The van der Waals surface area contributed by atoms with E-state index in [0.717, 1.165) is 24.1 Å². The summed E-state index contributed by atoms with van der Waals surface area (Å²) in [5.41, 5.74) is 4.64. The van der Waals surface area contributed by atoms with Crippen LogP contribution in [0.4, 0.5) is 0 Å². The highest BCUT2D eigenvalue weighted by Gasteiger charge is 2.24. The molecule has 15 heavy (non-hydrogen) atoms. The van der Waals surface area contributed by atoms with Crippen molar-refractivity contribution in [2.45, 2.75) is 12.8 Å². The largest absolute Gasteiger partial charge is 0.285 e. The zero-order valence-electron chi connectivity index (χ0n) is 8.35. The van der Waals surface area contributed by atoms with Crippen LogP contribution in [0.25, 0.3) is 11.3 Å². The van der Waals surface area contributed by atoms with Crippen LogP contribution in [0, 0.1) is 0 Å². The molecule has 0 atom stereocenters. The molecule has 1 aromatic heterocycles. The number of pyridine rings is 1. The normalized spacial score (nSPS) is 13.1. The lowest BCUT2D eigenvalue weighted by atomic mass is 9.89. The zero-order chi connectivity index (χ0) is 10.3. The highest BCUT2D eigenvalue weighted by atomic mass is 16.5. The van der Waals surface area contributed by atoms with Crippen LogP contribution in [-0.2, 0) is 12.8 Å². The maximum atomic E-state index is 9.82. The van der Waals surface area contributed by atoms with E-state index >= 15 is 0 Å². The third kappa shape index (κ3) is 1.22. The van der Waals surface area contributed by atoms with Gasteiger partial charge in [0.25, 0.3) is 5.69 Å². The Morgan fingerprint density at radius 2 is 1.67 bits per heavy atom. The summed E-state index contributed by atoms with van der Waals surface area (Å²) < 4.78 is 1.23. The van der Waals surface area contributed by atoms with Crippen molar-refractivity contribution in [1.82, 2.24) is 0 Å². The summed E-state index contributed by atoms with van der Waals surface area (Å²) in [6.45, 7) is 0. The van der Waals surface area contributed by atoms with Gasteiger partial charge in [0.15, 0.2) is 0 Å². The van der Waals surface area contributed by atoms with Crippen LogP contribution in [0.3, 0.4) is 0 Å². The summed E-state index contributed by atoms with van der Waals surface area (Å²) in [5.74, 6) is 0. The standard InChI is InChI=1S/C13H12NO/c15-14-9-3-5-11-8-7-10-4-1-2-6-12(10)13(11)14/h1-6,9,15H,7-8H2/q+1. The minimum atomic E-state index is 0.944. The van der Waals surface area contributed by atoms with E-state index in [1.165, 1.54) is 15.9 Å². The van der Waals surface area contributed by atoms with E-state index in [2.05, 4.69) is 24.3 Å². The van der Waals surface area contributed by atoms with Crippen molar-refractivity contribution in [2.75, 3.05) is 0 Å². The predicted octanol–water partition coefficient (Wildman–Crippen LogP) is 1.98. The van der Waals surface area contributed by atoms with Crippen LogP contribution in [0.2, 0.25) is 0 Å². The summed E-state index contributed by atoms with van der Waals surface area (Å²) in [6, 6.07) is 12.2. The molecule has 2 heteroatoms. The van der Waals surface area contributed by atoms with Crippen molar-refractivity contribution in [2.24, 2.45) is 0 Å². The Bertz CT molecular complexity index is 520. The molecule has 1 heterocycles. The molecule has 0 saturated carbocycles. The molecule has 0 fully saturated rings. The summed E-state index contributed by atoms with van der Waals surface area (Å²) >= 11 is 0. The van der Waals surface area contributed by atoms with Gasteiger partial charge in [-0.2, -0.15) is 0 Å². The number of nitrogens with zero attached hydrogens (tertiary/aromatic N) is 1. The monoisotopic (exact) mass is 198 g/mol. The summed E-state index contributed by atoms with van der Waals surface area (Å²) in [5, 5.41) is 9.82. The molecule has 0 unspecified atom stereocenters. The van der Waals surface area contributed by atoms with Gasteiger partial charge in [-0.15, -0.1) is 0 Å². The minimum Gasteiger partial charge on any atom is -0.285 e. The van der Waals surface area contributed by atoms with Crippen LogP contribution < -0.4 is 4.73 Å². The van der Waals surface area contributed by atoms with Gasteiger partial charge in [0, 0.05) is 16.4 Å². The van der Waals surface area contributed by atoms with E-state index in [0.29, 0.717) is 0 Å². The fraction of sp³-hybridized carbons (Fsp3) is 0.154. The van der Waals surface area contributed by atoms with Gasteiger partial charge in [-0.3, -0.25) is 5.21 Å². The zero-order valence-corrected chi connectivity index (χ0v) is 8.35. The Morgan fingerprint density at radius 3 is 2.60 bits per heavy atom.